The van der Waals surface area contributed by atoms with Gasteiger partial charge in [-0.25, -0.2) is 9.78 Å². The fourth-order valence-electron chi connectivity index (χ4n) is 1.67. The first-order chi connectivity index (χ1) is 8.65. The summed E-state index contributed by atoms with van der Waals surface area (Å²) in [6.07, 6.45) is 1.61. The molecule has 0 bridgehead atoms. The number of carbonyl (C=O) groups is 1. The highest BCUT2D eigenvalue weighted by Crippen LogP contribution is 2.29. The van der Waals surface area contributed by atoms with Gasteiger partial charge < -0.3 is 9.15 Å². The molecule has 0 atom stereocenters. The second-order valence-corrected chi connectivity index (χ2v) is 5.23. The van der Waals surface area contributed by atoms with E-state index < -0.39 is 5.97 Å². The molecule has 0 aromatic carbocycles. The van der Waals surface area contributed by atoms with E-state index in [1.807, 2.05) is 26.0 Å². The van der Waals surface area contributed by atoms with E-state index in [4.69, 9.17) is 9.15 Å². The molecule has 0 fully saturated rings. The normalized spacial score (nSPS) is 10.6. The molecule has 4 nitrogen and oxygen atoms in total. The van der Waals surface area contributed by atoms with Gasteiger partial charge in [-0.1, -0.05) is 13.3 Å². The number of nitrogens with zero attached hydrogens (tertiary/aromatic N) is 1. The van der Waals surface area contributed by atoms with Gasteiger partial charge in [-0.3, -0.25) is 0 Å². The molecule has 0 radical (unpaired) electrons. The van der Waals surface area contributed by atoms with Gasteiger partial charge in [0.05, 0.1) is 17.7 Å². The summed E-state index contributed by atoms with van der Waals surface area (Å²) in [4.78, 5) is 18.1. The maximum Gasteiger partial charge on any atom is 0.376 e. The molecule has 2 heterocycles. The van der Waals surface area contributed by atoms with E-state index in [-0.39, 0.29) is 5.76 Å². The Morgan fingerprint density at radius 1 is 1.50 bits per heavy atom. The molecule has 2 aromatic heterocycles. The maximum atomic E-state index is 11.6. The predicted octanol–water partition coefficient (Wildman–Crippen LogP) is 3.45. The Kier molecular flexibility index (Phi) is 3.81. The first kappa shape index (κ1) is 12.8. The van der Waals surface area contributed by atoms with E-state index in [2.05, 4.69) is 4.98 Å². The van der Waals surface area contributed by atoms with Gasteiger partial charge in [-0.05, 0) is 25.5 Å². The number of ether oxygens (including phenoxy) is 1. The van der Waals surface area contributed by atoms with Crippen molar-refractivity contribution in [1.29, 1.82) is 0 Å². The molecule has 0 N–H and O–H groups in total. The molecule has 0 aliphatic carbocycles. The van der Waals surface area contributed by atoms with Crippen molar-refractivity contribution in [2.75, 3.05) is 7.11 Å². The number of oxazole rings is 1. The van der Waals surface area contributed by atoms with Gasteiger partial charge in [-0.2, -0.15) is 0 Å². The second kappa shape index (κ2) is 5.35. The zero-order chi connectivity index (χ0) is 13.1. The highest BCUT2D eigenvalue weighted by molar-refractivity contribution is 7.15. The zero-order valence-electron chi connectivity index (χ0n) is 10.6. The Hall–Kier alpha value is -1.62. The number of rotatable bonds is 4. The quantitative estimate of drug-likeness (QED) is 0.794. The lowest BCUT2D eigenvalue weighted by atomic mass is 10.2. The summed E-state index contributed by atoms with van der Waals surface area (Å²) in [5, 5.41) is 0. The van der Waals surface area contributed by atoms with Crippen LogP contribution in [0, 0.1) is 6.92 Å². The summed E-state index contributed by atoms with van der Waals surface area (Å²) in [5.41, 5.74) is 0.672. The van der Waals surface area contributed by atoms with Crippen LogP contribution in [-0.2, 0) is 11.2 Å². The number of thiophene rings is 1. The van der Waals surface area contributed by atoms with Crippen LogP contribution in [0.25, 0.3) is 10.8 Å². The summed E-state index contributed by atoms with van der Waals surface area (Å²) < 4.78 is 10.3. The molecule has 2 aromatic rings. The van der Waals surface area contributed by atoms with Crippen molar-refractivity contribution in [2.24, 2.45) is 0 Å². The molecule has 18 heavy (non-hydrogen) atoms. The fourth-order valence-corrected chi connectivity index (χ4v) is 2.46. The van der Waals surface area contributed by atoms with Crippen LogP contribution in [0.4, 0.5) is 0 Å². The molecule has 0 aliphatic rings. The third-order valence-electron chi connectivity index (χ3n) is 2.51. The third kappa shape index (κ3) is 2.46. The van der Waals surface area contributed by atoms with Crippen LogP contribution in [0.15, 0.2) is 16.5 Å². The minimum atomic E-state index is -0.467. The average molecular weight is 265 g/mol. The average Bonchev–Trinajstić information content (AvgIpc) is 2.95. The molecular weight excluding hydrogens is 250 g/mol. The van der Waals surface area contributed by atoms with Crippen LogP contribution < -0.4 is 0 Å². The topological polar surface area (TPSA) is 52.3 Å². The van der Waals surface area contributed by atoms with Crippen molar-refractivity contribution < 1.29 is 13.9 Å². The van der Waals surface area contributed by atoms with E-state index in [9.17, 15) is 4.79 Å². The van der Waals surface area contributed by atoms with E-state index in [1.165, 1.54) is 12.0 Å². The van der Waals surface area contributed by atoms with Gasteiger partial charge in [-0.15, -0.1) is 11.3 Å². The Balaban J connectivity index is 2.41. The summed E-state index contributed by atoms with van der Waals surface area (Å²) in [6, 6.07) is 3.95. The summed E-state index contributed by atoms with van der Waals surface area (Å²) in [6.45, 7) is 4.05. The number of methoxy groups -OCH3 is 1. The van der Waals surface area contributed by atoms with Gasteiger partial charge in [0.25, 0.3) is 0 Å². The van der Waals surface area contributed by atoms with Gasteiger partial charge in [0.2, 0.25) is 11.7 Å². The summed E-state index contributed by atoms with van der Waals surface area (Å²) >= 11 is 1.59. The molecule has 0 spiro atoms. The van der Waals surface area contributed by atoms with E-state index in [0.29, 0.717) is 18.0 Å². The standard InChI is InChI=1S/C13H15NO3S/c1-4-5-9-11(13(15)16-3)17-12(14-9)10-7-6-8(2)18-10/h6-7H,4-5H2,1-3H3. The van der Waals surface area contributed by atoms with Crippen LogP contribution in [0.3, 0.4) is 0 Å². The Labute approximate surface area is 110 Å². The van der Waals surface area contributed by atoms with Crippen LogP contribution >= 0.6 is 11.3 Å². The molecule has 0 saturated carbocycles. The summed E-state index contributed by atoms with van der Waals surface area (Å²) in [5.74, 6) is 0.253. The van der Waals surface area contributed by atoms with Crippen LogP contribution in [0.5, 0.6) is 0 Å². The molecule has 2 rings (SSSR count). The van der Waals surface area contributed by atoms with Crippen LogP contribution in [-0.4, -0.2) is 18.1 Å². The monoisotopic (exact) mass is 265 g/mol. The third-order valence-corrected chi connectivity index (χ3v) is 3.49. The lowest BCUT2D eigenvalue weighted by Crippen LogP contribution is -2.03. The highest BCUT2D eigenvalue weighted by atomic mass is 32.1. The molecular formula is C13H15NO3S. The largest absolute Gasteiger partial charge is 0.463 e. The van der Waals surface area contributed by atoms with Crippen molar-refractivity contribution in [2.45, 2.75) is 26.7 Å². The van der Waals surface area contributed by atoms with Gasteiger partial charge in [0.1, 0.15) is 0 Å². The number of carbonyl (C=O) groups excluding carboxylic acids is 1. The molecule has 96 valence electrons. The van der Waals surface area contributed by atoms with E-state index >= 15 is 0 Å². The first-order valence-electron chi connectivity index (χ1n) is 5.80. The van der Waals surface area contributed by atoms with E-state index in [1.54, 1.807) is 11.3 Å². The molecule has 0 amide bonds. The number of hydrogen-bond donors (Lipinski definition) is 0. The lowest BCUT2D eigenvalue weighted by molar-refractivity contribution is 0.0564. The van der Waals surface area contributed by atoms with Gasteiger partial charge in [0, 0.05) is 4.88 Å². The van der Waals surface area contributed by atoms with Crippen LogP contribution in [0.2, 0.25) is 0 Å². The van der Waals surface area contributed by atoms with Crippen molar-refractivity contribution >= 4 is 17.3 Å². The first-order valence-corrected chi connectivity index (χ1v) is 6.62. The molecule has 0 saturated heterocycles. The molecule has 0 aliphatic heterocycles. The lowest BCUT2D eigenvalue weighted by Gasteiger charge is -1.96. The second-order valence-electron chi connectivity index (χ2n) is 3.95. The molecule has 5 heteroatoms. The molecule has 0 unspecified atom stereocenters. The predicted molar refractivity (Wildman–Crippen MR) is 69.9 cm³/mol. The van der Waals surface area contributed by atoms with E-state index in [0.717, 1.165) is 11.3 Å². The van der Waals surface area contributed by atoms with Gasteiger partial charge >= 0.3 is 5.97 Å². The van der Waals surface area contributed by atoms with Gasteiger partial charge in [0.15, 0.2) is 0 Å². The summed E-state index contributed by atoms with van der Waals surface area (Å²) in [7, 11) is 1.34. The van der Waals surface area contributed by atoms with Crippen molar-refractivity contribution in [1.82, 2.24) is 4.98 Å². The zero-order valence-corrected chi connectivity index (χ0v) is 11.5. The fraction of sp³-hybridized carbons (Fsp3) is 0.385. The number of esters is 1. The number of aromatic nitrogens is 1. The van der Waals surface area contributed by atoms with Crippen LogP contribution in [0.1, 0.15) is 34.5 Å². The minimum Gasteiger partial charge on any atom is -0.463 e. The SMILES string of the molecule is CCCc1nc(-c2ccc(C)s2)oc1C(=O)OC. The van der Waals surface area contributed by atoms with Crippen molar-refractivity contribution in [3.8, 4) is 10.8 Å². The maximum absolute atomic E-state index is 11.6. The number of aryl methyl sites for hydroxylation is 2. The Morgan fingerprint density at radius 2 is 2.28 bits per heavy atom. The number of hydrogen-bond acceptors (Lipinski definition) is 5. The minimum absolute atomic E-state index is 0.223. The Morgan fingerprint density at radius 3 is 2.83 bits per heavy atom. The smallest absolute Gasteiger partial charge is 0.376 e. The highest BCUT2D eigenvalue weighted by Gasteiger charge is 2.21. The van der Waals surface area contributed by atoms with Crippen molar-refractivity contribution in [3.63, 3.8) is 0 Å². The Bertz CT molecular complexity index is 556. The van der Waals surface area contributed by atoms with Crippen molar-refractivity contribution in [3.05, 3.63) is 28.5 Å².